The van der Waals surface area contributed by atoms with Crippen LogP contribution in [0.25, 0.3) is 0 Å². The van der Waals surface area contributed by atoms with E-state index in [1.807, 2.05) is 6.92 Å². The van der Waals surface area contributed by atoms with Crippen molar-refractivity contribution in [2.45, 2.75) is 50.8 Å². The largest absolute Gasteiger partial charge is 0.494 e. The van der Waals surface area contributed by atoms with Gasteiger partial charge in [-0.2, -0.15) is 11.8 Å². The first kappa shape index (κ1) is 15.7. The Kier molecular flexibility index (Phi) is 6.74. The Labute approximate surface area is 127 Å². The molecule has 1 fully saturated rings. The predicted octanol–water partition coefficient (Wildman–Crippen LogP) is 4.41. The summed E-state index contributed by atoms with van der Waals surface area (Å²) in [6, 6.07) is 9.04. The summed E-state index contributed by atoms with van der Waals surface area (Å²) in [4.78, 5) is 0. The van der Waals surface area contributed by atoms with Crippen molar-refractivity contribution in [3.63, 3.8) is 0 Å². The van der Waals surface area contributed by atoms with Gasteiger partial charge in [0, 0.05) is 17.0 Å². The molecular formula is C17H27NOS. The third-order valence-corrected chi connectivity index (χ3v) is 5.31. The van der Waals surface area contributed by atoms with Crippen LogP contribution in [0.4, 0.5) is 0 Å². The van der Waals surface area contributed by atoms with E-state index >= 15 is 0 Å². The van der Waals surface area contributed by atoms with Gasteiger partial charge in [-0.1, -0.05) is 31.9 Å². The van der Waals surface area contributed by atoms with Crippen molar-refractivity contribution in [1.82, 2.24) is 5.32 Å². The molecule has 2 nitrogen and oxygen atoms in total. The van der Waals surface area contributed by atoms with E-state index in [1.165, 1.54) is 37.0 Å². The summed E-state index contributed by atoms with van der Waals surface area (Å²) in [7, 11) is 0. The van der Waals surface area contributed by atoms with E-state index in [4.69, 9.17) is 4.74 Å². The number of hydrogen-bond acceptors (Lipinski definition) is 3. The van der Waals surface area contributed by atoms with Crippen LogP contribution in [0.15, 0.2) is 24.3 Å². The normalized spacial score (nSPS) is 17.3. The van der Waals surface area contributed by atoms with Crippen LogP contribution in [0.5, 0.6) is 5.75 Å². The molecule has 0 aliphatic heterocycles. The highest BCUT2D eigenvalue weighted by molar-refractivity contribution is 7.99. The van der Waals surface area contributed by atoms with Gasteiger partial charge < -0.3 is 10.1 Å². The van der Waals surface area contributed by atoms with Gasteiger partial charge in [-0.3, -0.25) is 0 Å². The first-order chi connectivity index (χ1) is 9.83. The number of nitrogens with one attached hydrogen (secondary N) is 1. The van der Waals surface area contributed by atoms with Crippen LogP contribution in [0.2, 0.25) is 0 Å². The van der Waals surface area contributed by atoms with Crippen molar-refractivity contribution in [1.29, 1.82) is 0 Å². The minimum Gasteiger partial charge on any atom is -0.494 e. The van der Waals surface area contributed by atoms with Gasteiger partial charge >= 0.3 is 0 Å². The highest BCUT2D eigenvalue weighted by Crippen LogP contribution is 2.32. The van der Waals surface area contributed by atoms with E-state index in [9.17, 15) is 0 Å². The molecule has 1 atom stereocenters. The summed E-state index contributed by atoms with van der Waals surface area (Å²) >= 11 is 2.15. The van der Waals surface area contributed by atoms with Crippen LogP contribution in [0.3, 0.4) is 0 Å². The SMILES string of the molecule is CCNC(CSC1CCCC1)c1ccc(OCC)cc1. The molecule has 3 heteroatoms. The molecule has 0 spiro atoms. The van der Waals surface area contributed by atoms with Gasteiger partial charge in [0.15, 0.2) is 0 Å². The first-order valence-corrected chi connectivity index (χ1v) is 8.96. The van der Waals surface area contributed by atoms with Gasteiger partial charge in [0.1, 0.15) is 5.75 Å². The molecule has 1 unspecified atom stereocenters. The van der Waals surface area contributed by atoms with E-state index in [0.29, 0.717) is 6.04 Å². The fraction of sp³-hybridized carbons (Fsp3) is 0.647. The lowest BCUT2D eigenvalue weighted by Crippen LogP contribution is -2.23. The Bertz CT molecular complexity index is 373. The Morgan fingerprint density at radius 1 is 1.20 bits per heavy atom. The van der Waals surface area contributed by atoms with Gasteiger partial charge in [0.2, 0.25) is 0 Å². The number of ether oxygens (including phenoxy) is 1. The Morgan fingerprint density at radius 3 is 2.50 bits per heavy atom. The molecule has 2 rings (SSSR count). The standard InChI is InChI=1S/C17H27NOS/c1-3-18-17(13-20-16-7-5-6-8-16)14-9-11-15(12-10-14)19-4-2/h9-12,16-18H,3-8,13H2,1-2H3. The maximum Gasteiger partial charge on any atom is 0.119 e. The van der Waals surface area contributed by atoms with Crippen molar-refractivity contribution in [3.05, 3.63) is 29.8 Å². The minimum atomic E-state index is 0.460. The Hall–Kier alpha value is -0.670. The number of thioether (sulfide) groups is 1. The Morgan fingerprint density at radius 2 is 1.90 bits per heavy atom. The molecule has 0 aromatic heterocycles. The fourth-order valence-electron chi connectivity index (χ4n) is 2.77. The van der Waals surface area contributed by atoms with Crippen molar-refractivity contribution < 1.29 is 4.74 Å². The molecule has 1 saturated carbocycles. The van der Waals surface area contributed by atoms with Gasteiger partial charge in [0.25, 0.3) is 0 Å². The second-order valence-electron chi connectivity index (χ2n) is 5.35. The van der Waals surface area contributed by atoms with E-state index < -0.39 is 0 Å². The molecule has 1 N–H and O–H groups in total. The molecule has 1 aliphatic carbocycles. The molecule has 1 aromatic rings. The zero-order chi connectivity index (χ0) is 14.2. The molecule has 0 amide bonds. The molecule has 20 heavy (non-hydrogen) atoms. The monoisotopic (exact) mass is 293 g/mol. The molecule has 0 saturated heterocycles. The van der Waals surface area contributed by atoms with Crippen LogP contribution in [0.1, 0.15) is 51.1 Å². The topological polar surface area (TPSA) is 21.3 Å². The van der Waals surface area contributed by atoms with Gasteiger partial charge in [-0.05, 0) is 44.0 Å². The number of benzene rings is 1. The second-order valence-corrected chi connectivity index (χ2v) is 6.69. The van der Waals surface area contributed by atoms with E-state index in [1.54, 1.807) is 0 Å². The van der Waals surface area contributed by atoms with Crippen LogP contribution in [-0.4, -0.2) is 24.2 Å². The van der Waals surface area contributed by atoms with Crippen molar-refractivity contribution >= 4 is 11.8 Å². The molecular weight excluding hydrogens is 266 g/mol. The quantitative estimate of drug-likeness (QED) is 0.767. The summed E-state index contributed by atoms with van der Waals surface area (Å²) in [6.07, 6.45) is 5.67. The fourth-order valence-corrected chi connectivity index (χ4v) is 4.21. The third kappa shape index (κ3) is 4.71. The van der Waals surface area contributed by atoms with Crippen molar-refractivity contribution in [2.75, 3.05) is 18.9 Å². The predicted molar refractivity (Wildman–Crippen MR) is 88.7 cm³/mol. The van der Waals surface area contributed by atoms with E-state index in [0.717, 1.165) is 24.2 Å². The molecule has 112 valence electrons. The highest BCUT2D eigenvalue weighted by atomic mass is 32.2. The lowest BCUT2D eigenvalue weighted by Gasteiger charge is -2.20. The zero-order valence-corrected chi connectivity index (χ0v) is 13.5. The van der Waals surface area contributed by atoms with Crippen LogP contribution >= 0.6 is 11.8 Å². The maximum absolute atomic E-state index is 5.52. The van der Waals surface area contributed by atoms with Crippen LogP contribution in [0, 0.1) is 0 Å². The number of rotatable bonds is 8. The molecule has 1 aromatic carbocycles. The second kappa shape index (κ2) is 8.58. The zero-order valence-electron chi connectivity index (χ0n) is 12.7. The van der Waals surface area contributed by atoms with E-state index in [-0.39, 0.29) is 0 Å². The summed E-state index contributed by atoms with van der Waals surface area (Å²) in [5.41, 5.74) is 1.38. The van der Waals surface area contributed by atoms with Gasteiger partial charge in [0.05, 0.1) is 6.61 Å². The summed E-state index contributed by atoms with van der Waals surface area (Å²) in [6.45, 7) is 5.95. The lowest BCUT2D eigenvalue weighted by molar-refractivity contribution is 0.340. The smallest absolute Gasteiger partial charge is 0.119 e. The maximum atomic E-state index is 5.52. The highest BCUT2D eigenvalue weighted by Gasteiger charge is 2.18. The molecule has 0 bridgehead atoms. The number of hydrogen-bond donors (Lipinski definition) is 1. The molecule has 1 aliphatic rings. The van der Waals surface area contributed by atoms with Gasteiger partial charge in [-0.15, -0.1) is 0 Å². The first-order valence-electron chi connectivity index (χ1n) is 7.91. The third-order valence-electron chi connectivity index (χ3n) is 3.84. The van der Waals surface area contributed by atoms with Crippen molar-refractivity contribution in [3.8, 4) is 5.75 Å². The Balaban J connectivity index is 1.91. The van der Waals surface area contributed by atoms with Gasteiger partial charge in [-0.25, -0.2) is 0 Å². The minimum absolute atomic E-state index is 0.460. The van der Waals surface area contributed by atoms with Crippen LogP contribution in [-0.2, 0) is 0 Å². The average Bonchev–Trinajstić information content (AvgIpc) is 2.98. The van der Waals surface area contributed by atoms with E-state index in [2.05, 4.69) is 48.3 Å². The lowest BCUT2D eigenvalue weighted by atomic mass is 10.1. The summed E-state index contributed by atoms with van der Waals surface area (Å²) < 4.78 is 5.52. The molecule has 0 heterocycles. The molecule has 0 radical (unpaired) electrons. The van der Waals surface area contributed by atoms with Crippen molar-refractivity contribution in [2.24, 2.45) is 0 Å². The average molecular weight is 293 g/mol. The summed E-state index contributed by atoms with van der Waals surface area (Å²) in [5.74, 6) is 2.14. The van der Waals surface area contributed by atoms with Crippen LogP contribution < -0.4 is 10.1 Å². The summed E-state index contributed by atoms with van der Waals surface area (Å²) in [5, 5.41) is 4.50.